The van der Waals surface area contributed by atoms with Gasteiger partial charge in [0.25, 0.3) is 0 Å². The molecule has 0 aliphatic rings. The van der Waals surface area contributed by atoms with Crippen LogP contribution in [0.5, 0.6) is 0 Å². The lowest BCUT2D eigenvalue weighted by atomic mass is 10.3. The monoisotopic (exact) mass is 289 g/mol. The van der Waals surface area contributed by atoms with Crippen LogP contribution in [0, 0.1) is 0 Å². The second-order valence-electron chi connectivity index (χ2n) is 4.24. The summed E-state index contributed by atoms with van der Waals surface area (Å²) in [7, 11) is 0. The van der Waals surface area contributed by atoms with Crippen LogP contribution in [0.2, 0.25) is 0 Å². The fourth-order valence-corrected chi connectivity index (χ4v) is 2.32. The van der Waals surface area contributed by atoms with Crippen molar-refractivity contribution in [2.75, 3.05) is 6.54 Å². The van der Waals surface area contributed by atoms with Crippen LogP contribution in [0.1, 0.15) is 23.5 Å². The summed E-state index contributed by atoms with van der Waals surface area (Å²) in [4.78, 5) is 1.20. The Morgan fingerprint density at radius 2 is 2.21 bits per heavy atom. The molecule has 0 saturated carbocycles. The van der Waals surface area contributed by atoms with Crippen molar-refractivity contribution < 1.29 is 13.2 Å². The molecule has 1 unspecified atom stereocenters. The van der Waals surface area contributed by atoms with Gasteiger partial charge in [0, 0.05) is 24.2 Å². The third-order valence-electron chi connectivity index (χ3n) is 2.67. The normalized spacial score (nSPS) is 13.7. The third-order valence-corrected chi connectivity index (χ3v) is 3.55. The standard InChI is InChI=1S/C12H14F3N3S/c1-9(7-16-8-10-3-2-6-19-10)18-5-4-11(17-18)12(13,14)15/h2-6,9,16H,7-8H2,1H3. The van der Waals surface area contributed by atoms with Crippen molar-refractivity contribution in [3.8, 4) is 0 Å². The molecule has 2 aromatic heterocycles. The van der Waals surface area contributed by atoms with E-state index in [9.17, 15) is 13.2 Å². The molecule has 0 radical (unpaired) electrons. The Kier molecular flexibility index (Phi) is 4.26. The topological polar surface area (TPSA) is 29.9 Å². The van der Waals surface area contributed by atoms with Gasteiger partial charge in [-0.1, -0.05) is 6.07 Å². The van der Waals surface area contributed by atoms with Crippen molar-refractivity contribution in [2.24, 2.45) is 0 Å². The Hall–Kier alpha value is -1.34. The molecular formula is C12H14F3N3S. The summed E-state index contributed by atoms with van der Waals surface area (Å²) in [5.41, 5.74) is -0.849. The van der Waals surface area contributed by atoms with E-state index < -0.39 is 11.9 Å². The van der Waals surface area contributed by atoms with Crippen molar-refractivity contribution in [2.45, 2.75) is 25.7 Å². The summed E-state index contributed by atoms with van der Waals surface area (Å²) < 4.78 is 38.6. The molecule has 0 aliphatic carbocycles. The molecule has 2 rings (SSSR count). The van der Waals surface area contributed by atoms with Crippen LogP contribution >= 0.6 is 11.3 Å². The first-order chi connectivity index (χ1) is 8.97. The van der Waals surface area contributed by atoms with E-state index in [0.717, 1.165) is 12.6 Å². The number of hydrogen-bond acceptors (Lipinski definition) is 3. The number of thiophene rings is 1. The van der Waals surface area contributed by atoms with Crippen LogP contribution in [0.25, 0.3) is 0 Å². The minimum absolute atomic E-state index is 0.129. The van der Waals surface area contributed by atoms with Gasteiger partial charge < -0.3 is 5.32 Å². The van der Waals surface area contributed by atoms with Gasteiger partial charge in [-0.25, -0.2) is 0 Å². The summed E-state index contributed by atoms with van der Waals surface area (Å²) in [5.74, 6) is 0. The largest absolute Gasteiger partial charge is 0.435 e. The summed E-state index contributed by atoms with van der Waals surface area (Å²) in [6, 6.07) is 4.85. The highest BCUT2D eigenvalue weighted by molar-refractivity contribution is 7.09. The van der Waals surface area contributed by atoms with Gasteiger partial charge >= 0.3 is 6.18 Å². The van der Waals surface area contributed by atoms with Crippen molar-refractivity contribution >= 4 is 11.3 Å². The average Bonchev–Trinajstić information content (AvgIpc) is 2.99. The predicted molar refractivity (Wildman–Crippen MR) is 68.0 cm³/mol. The van der Waals surface area contributed by atoms with E-state index in [-0.39, 0.29) is 6.04 Å². The summed E-state index contributed by atoms with van der Waals surface area (Å²) in [6.07, 6.45) is -3.02. The van der Waals surface area contributed by atoms with Crippen LogP contribution in [0.3, 0.4) is 0 Å². The molecule has 1 N–H and O–H groups in total. The maximum atomic E-state index is 12.4. The minimum Gasteiger partial charge on any atom is -0.310 e. The number of halogens is 3. The second kappa shape index (κ2) is 5.75. The Morgan fingerprint density at radius 3 is 2.79 bits per heavy atom. The number of rotatable bonds is 5. The van der Waals surface area contributed by atoms with Crippen molar-refractivity contribution in [3.63, 3.8) is 0 Å². The molecule has 0 amide bonds. The molecule has 3 nitrogen and oxygen atoms in total. The fourth-order valence-electron chi connectivity index (χ4n) is 1.65. The SMILES string of the molecule is CC(CNCc1cccs1)n1ccc(C(F)(F)F)n1. The Morgan fingerprint density at radius 1 is 1.42 bits per heavy atom. The molecule has 2 aromatic rings. The van der Waals surface area contributed by atoms with Crippen LogP contribution in [0.4, 0.5) is 13.2 Å². The van der Waals surface area contributed by atoms with E-state index in [2.05, 4.69) is 10.4 Å². The fraction of sp³-hybridized carbons (Fsp3) is 0.417. The summed E-state index contributed by atoms with van der Waals surface area (Å²) >= 11 is 1.64. The zero-order valence-corrected chi connectivity index (χ0v) is 11.1. The third kappa shape index (κ3) is 3.81. The Bertz CT molecular complexity index is 505. The highest BCUT2D eigenvalue weighted by Gasteiger charge is 2.33. The predicted octanol–water partition coefficient (Wildman–Crippen LogP) is 3.31. The van der Waals surface area contributed by atoms with Gasteiger partial charge in [0.05, 0.1) is 6.04 Å². The minimum atomic E-state index is -4.38. The van der Waals surface area contributed by atoms with Gasteiger partial charge in [-0.05, 0) is 24.4 Å². The first-order valence-electron chi connectivity index (χ1n) is 5.82. The molecule has 0 aliphatic heterocycles. The van der Waals surface area contributed by atoms with E-state index >= 15 is 0 Å². The number of nitrogens with one attached hydrogen (secondary N) is 1. The van der Waals surface area contributed by atoms with Crippen LogP contribution in [-0.2, 0) is 12.7 Å². The molecule has 19 heavy (non-hydrogen) atoms. The molecule has 1 atom stereocenters. The van der Waals surface area contributed by atoms with Crippen LogP contribution < -0.4 is 5.32 Å². The Balaban J connectivity index is 1.86. The van der Waals surface area contributed by atoms with E-state index in [0.29, 0.717) is 6.54 Å². The zero-order chi connectivity index (χ0) is 13.9. The first-order valence-corrected chi connectivity index (χ1v) is 6.70. The second-order valence-corrected chi connectivity index (χ2v) is 5.27. The highest BCUT2D eigenvalue weighted by atomic mass is 32.1. The lowest BCUT2D eigenvalue weighted by Crippen LogP contribution is -2.23. The van der Waals surface area contributed by atoms with E-state index in [1.807, 2.05) is 24.4 Å². The van der Waals surface area contributed by atoms with Crippen molar-refractivity contribution in [3.05, 3.63) is 40.3 Å². The van der Waals surface area contributed by atoms with Crippen LogP contribution in [0.15, 0.2) is 29.8 Å². The van der Waals surface area contributed by atoms with Crippen molar-refractivity contribution in [1.82, 2.24) is 15.1 Å². The molecular weight excluding hydrogens is 275 g/mol. The van der Waals surface area contributed by atoms with Gasteiger partial charge in [0.1, 0.15) is 0 Å². The van der Waals surface area contributed by atoms with Gasteiger partial charge in [-0.15, -0.1) is 11.3 Å². The quantitative estimate of drug-likeness (QED) is 0.915. The lowest BCUT2D eigenvalue weighted by molar-refractivity contribution is -0.141. The Labute approximate surface area is 113 Å². The van der Waals surface area contributed by atoms with E-state index in [1.54, 1.807) is 11.3 Å². The number of hydrogen-bond donors (Lipinski definition) is 1. The summed E-state index contributed by atoms with van der Waals surface area (Å²) in [5, 5.41) is 8.74. The number of nitrogens with zero attached hydrogens (tertiary/aromatic N) is 2. The number of aromatic nitrogens is 2. The van der Waals surface area contributed by atoms with Gasteiger partial charge in [0.15, 0.2) is 5.69 Å². The molecule has 0 spiro atoms. The maximum absolute atomic E-state index is 12.4. The van der Waals surface area contributed by atoms with Gasteiger partial charge in [0.2, 0.25) is 0 Å². The molecule has 7 heteroatoms. The molecule has 0 fully saturated rings. The van der Waals surface area contributed by atoms with E-state index in [1.165, 1.54) is 15.8 Å². The smallest absolute Gasteiger partial charge is 0.310 e. The zero-order valence-electron chi connectivity index (χ0n) is 10.3. The highest BCUT2D eigenvalue weighted by Crippen LogP contribution is 2.27. The molecule has 2 heterocycles. The van der Waals surface area contributed by atoms with E-state index in [4.69, 9.17) is 0 Å². The lowest BCUT2D eigenvalue weighted by Gasteiger charge is -2.13. The molecule has 104 valence electrons. The van der Waals surface area contributed by atoms with Gasteiger partial charge in [-0.2, -0.15) is 18.3 Å². The molecule has 0 saturated heterocycles. The van der Waals surface area contributed by atoms with Crippen LogP contribution in [-0.4, -0.2) is 16.3 Å². The summed E-state index contributed by atoms with van der Waals surface area (Å²) in [6.45, 7) is 3.11. The molecule has 0 bridgehead atoms. The first kappa shape index (κ1) is 14.1. The molecule has 0 aromatic carbocycles. The maximum Gasteiger partial charge on any atom is 0.435 e. The van der Waals surface area contributed by atoms with Gasteiger partial charge in [-0.3, -0.25) is 4.68 Å². The average molecular weight is 289 g/mol. The number of alkyl halides is 3. The van der Waals surface area contributed by atoms with Crippen molar-refractivity contribution in [1.29, 1.82) is 0 Å².